The second kappa shape index (κ2) is 6.56. The van der Waals surface area contributed by atoms with E-state index in [2.05, 4.69) is 5.32 Å². The Kier molecular flexibility index (Phi) is 4.50. The lowest BCUT2D eigenvalue weighted by Crippen LogP contribution is -2.51. The van der Waals surface area contributed by atoms with Crippen LogP contribution in [-0.4, -0.2) is 54.3 Å². The zero-order valence-corrected chi connectivity index (χ0v) is 13.3. The predicted octanol–water partition coefficient (Wildman–Crippen LogP) is 1.81. The number of piperazine rings is 1. The van der Waals surface area contributed by atoms with Crippen LogP contribution < -0.4 is 5.32 Å². The number of rotatable bonds is 4. The fraction of sp³-hybridized carbons (Fsp3) is 0.529. The quantitative estimate of drug-likeness (QED) is 0.921. The lowest BCUT2D eigenvalue weighted by atomic mass is 10.1. The summed E-state index contributed by atoms with van der Waals surface area (Å²) >= 11 is 0. The molecule has 2 aliphatic rings. The fourth-order valence-corrected chi connectivity index (χ4v) is 2.92. The summed E-state index contributed by atoms with van der Waals surface area (Å²) in [5.74, 6) is 0.199. The third-order valence-electron chi connectivity index (χ3n) is 4.54. The topological polar surface area (TPSA) is 52.7 Å². The molecule has 6 heteroatoms. The summed E-state index contributed by atoms with van der Waals surface area (Å²) in [6, 6.07) is 5.11. The van der Waals surface area contributed by atoms with Crippen molar-refractivity contribution >= 4 is 17.5 Å². The Hall–Kier alpha value is -2.11. The van der Waals surface area contributed by atoms with E-state index in [1.165, 1.54) is 6.07 Å². The van der Waals surface area contributed by atoms with Crippen LogP contribution in [0.25, 0.3) is 0 Å². The van der Waals surface area contributed by atoms with Crippen LogP contribution >= 0.6 is 0 Å². The molecule has 2 amide bonds. The van der Waals surface area contributed by atoms with E-state index in [-0.39, 0.29) is 24.2 Å². The molecule has 2 fully saturated rings. The minimum absolute atomic E-state index is 0.0279. The van der Waals surface area contributed by atoms with Crippen molar-refractivity contribution in [2.45, 2.75) is 25.7 Å². The van der Waals surface area contributed by atoms with Crippen LogP contribution in [0.15, 0.2) is 18.2 Å². The second-order valence-electron chi connectivity index (χ2n) is 6.25. The highest BCUT2D eigenvalue weighted by Gasteiger charge is 2.26. The van der Waals surface area contributed by atoms with Gasteiger partial charge in [-0.15, -0.1) is 0 Å². The summed E-state index contributed by atoms with van der Waals surface area (Å²) in [6.07, 6.45) is 2.13. The maximum atomic E-state index is 14.0. The lowest BCUT2D eigenvalue weighted by Gasteiger charge is -2.34. The third kappa shape index (κ3) is 3.81. The van der Waals surface area contributed by atoms with Gasteiger partial charge in [-0.2, -0.15) is 0 Å². The average Bonchev–Trinajstić information content (AvgIpc) is 3.37. The number of carbonyl (C=O) groups is 2. The summed E-state index contributed by atoms with van der Waals surface area (Å²) in [6.45, 7) is 3.93. The fourth-order valence-electron chi connectivity index (χ4n) is 2.92. The average molecular weight is 319 g/mol. The molecule has 1 aromatic carbocycles. The van der Waals surface area contributed by atoms with Crippen molar-refractivity contribution in [1.29, 1.82) is 0 Å². The van der Waals surface area contributed by atoms with Gasteiger partial charge >= 0.3 is 0 Å². The number of benzene rings is 1. The first-order valence-electron chi connectivity index (χ1n) is 8.11. The van der Waals surface area contributed by atoms with Crippen molar-refractivity contribution in [3.8, 4) is 0 Å². The molecular formula is C17H22FN3O2. The van der Waals surface area contributed by atoms with Crippen LogP contribution in [-0.2, 0) is 9.59 Å². The molecule has 124 valence electrons. The van der Waals surface area contributed by atoms with Crippen LogP contribution in [0.3, 0.4) is 0 Å². The molecule has 0 radical (unpaired) electrons. The van der Waals surface area contributed by atoms with Crippen molar-refractivity contribution in [1.82, 2.24) is 9.80 Å². The number of anilines is 1. The van der Waals surface area contributed by atoms with Gasteiger partial charge in [0.05, 0.1) is 6.54 Å². The van der Waals surface area contributed by atoms with Crippen molar-refractivity contribution in [2.24, 2.45) is 0 Å². The first kappa shape index (κ1) is 15.8. The molecule has 1 heterocycles. The maximum absolute atomic E-state index is 14.0. The molecule has 0 spiro atoms. The third-order valence-corrected chi connectivity index (χ3v) is 4.54. The van der Waals surface area contributed by atoms with E-state index in [4.69, 9.17) is 0 Å². The maximum Gasteiger partial charge on any atom is 0.241 e. The molecule has 0 aromatic heterocycles. The molecular weight excluding hydrogens is 297 g/mol. The number of halogens is 1. The van der Waals surface area contributed by atoms with E-state index >= 15 is 0 Å². The highest BCUT2D eigenvalue weighted by molar-refractivity contribution is 5.81. The summed E-state index contributed by atoms with van der Waals surface area (Å²) in [5, 5.41) is 2.99. The van der Waals surface area contributed by atoms with Gasteiger partial charge in [0.15, 0.2) is 0 Å². The van der Waals surface area contributed by atoms with Crippen molar-refractivity contribution in [3.63, 3.8) is 0 Å². The normalized spacial score (nSPS) is 18.0. The molecule has 1 saturated carbocycles. The molecule has 0 bridgehead atoms. The zero-order valence-electron chi connectivity index (χ0n) is 13.3. The summed E-state index contributed by atoms with van der Waals surface area (Å²) < 4.78 is 14.0. The van der Waals surface area contributed by atoms with Gasteiger partial charge in [0, 0.05) is 38.8 Å². The monoisotopic (exact) mass is 319 g/mol. The van der Waals surface area contributed by atoms with E-state index < -0.39 is 0 Å². The highest BCUT2D eigenvalue weighted by atomic mass is 19.1. The van der Waals surface area contributed by atoms with E-state index in [0.29, 0.717) is 37.8 Å². The standard InChI is InChI=1S/C17H22FN3O2/c1-12(22)20-6-8-21(9-7-20)17(23)11-19-14-4-5-15(13-2-3-13)16(18)10-14/h4-5,10,13,19H,2-3,6-9,11H2,1H3. The van der Waals surface area contributed by atoms with E-state index in [9.17, 15) is 14.0 Å². The predicted molar refractivity (Wildman–Crippen MR) is 85.7 cm³/mol. The van der Waals surface area contributed by atoms with E-state index in [1.54, 1.807) is 16.7 Å². The Bertz CT molecular complexity index is 608. The van der Waals surface area contributed by atoms with Crippen LogP contribution in [0, 0.1) is 5.82 Å². The Balaban J connectivity index is 1.49. The molecule has 1 aliphatic heterocycles. The largest absolute Gasteiger partial charge is 0.376 e. The van der Waals surface area contributed by atoms with Gasteiger partial charge in [0.1, 0.15) is 5.82 Å². The Morgan fingerprint density at radius 2 is 1.83 bits per heavy atom. The van der Waals surface area contributed by atoms with Gasteiger partial charge in [0.2, 0.25) is 11.8 Å². The lowest BCUT2D eigenvalue weighted by molar-refractivity contribution is -0.137. The number of nitrogens with one attached hydrogen (secondary N) is 1. The van der Waals surface area contributed by atoms with E-state index in [0.717, 1.165) is 18.4 Å². The Morgan fingerprint density at radius 1 is 1.17 bits per heavy atom. The first-order valence-corrected chi connectivity index (χ1v) is 8.11. The molecule has 1 saturated heterocycles. The number of nitrogens with zero attached hydrogens (tertiary/aromatic N) is 2. The van der Waals surface area contributed by atoms with Gasteiger partial charge in [-0.05, 0) is 36.5 Å². The van der Waals surface area contributed by atoms with Crippen LogP contribution in [0.4, 0.5) is 10.1 Å². The number of carbonyl (C=O) groups excluding carboxylic acids is 2. The molecule has 0 atom stereocenters. The summed E-state index contributed by atoms with van der Waals surface area (Å²) in [4.78, 5) is 26.9. The van der Waals surface area contributed by atoms with Crippen molar-refractivity contribution in [3.05, 3.63) is 29.6 Å². The minimum atomic E-state index is -0.194. The van der Waals surface area contributed by atoms with Crippen molar-refractivity contribution in [2.75, 3.05) is 38.0 Å². The SMILES string of the molecule is CC(=O)N1CCN(C(=O)CNc2ccc(C3CC3)c(F)c2)CC1. The minimum Gasteiger partial charge on any atom is -0.376 e. The molecule has 1 aliphatic carbocycles. The molecule has 23 heavy (non-hydrogen) atoms. The molecule has 1 N–H and O–H groups in total. The van der Waals surface area contributed by atoms with Crippen LogP contribution in [0.5, 0.6) is 0 Å². The number of hydrogen-bond donors (Lipinski definition) is 1. The first-order chi connectivity index (χ1) is 11.0. The summed E-state index contributed by atoms with van der Waals surface area (Å²) in [7, 11) is 0. The highest BCUT2D eigenvalue weighted by Crippen LogP contribution is 2.41. The second-order valence-corrected chi connectivity index (χ2v) is 6.25. The van der Waals surface area contributed by atoms with Crippen LogP contribution in [0.2, 0.25) is 0 Å². The molecule has 0 unspecified atom stereocenters. The molecule has 1 aromatic rings. The molecule has 3 rings (SSSR count). The smallest absolute Gasteiger partial charge is 0.241 e. The van der Waals surface area contributed by atoms with E-state index in [1.807, 2.05) is 12.1 Å². The Labute approximate surface area is 135 Å². The van der Waals surface area contributed by atoms with Gasteiger partial charge < -0.3 is 15.1 Å². The zero-order chi connectivity index (χ0) is 16.4. The number of hydrogen-bond acceptors (Lipinski definition) is 3. The van der Waals surface area contributed by atoms with Gasteiger partial charge in [0.25, 0.3) is 0 Å². The van der Waals surface area contributed by atoms with Crippen LogP contribution in [0.1, 0.15) is 31.2 Å². The summed E-state index contributed by atoms with van der Waals surface area (Å²) in [5.41, 5.74) is 1.41. The Morgan fingerprint density at radius 3 is 2.39 bits per heavy atom. The molecule has 5 nitrogen and oxygen atoms in total. The van der Waals surface area contributed by atoms with Gasteiger partial charge in [-0.3, -0.25) is 9.59 Å². The van der Waals surface area contributed by atoms with Gasteiger partial charge in [-0.1, -0.05) is 6.07 Å². The van der Waals surface area contributed by atoms with Gasteiger partial charge in [-0.25, -0.2) is 4.39 Å². The van der Waals surface area contributed by atoms with Crippen molar-refractivity contribution < 1.29 is 14.0 Å². The number of amides is 2.